The summed E-state index contributed by atoms with van der Waals surface area (Å²) in [6.45, 7) is 5.56. The van der Waals surface area contributed by atoms with Crippen LogP contribution in [0.1, 0.15) is 12.0 Å². The van der Waals surface area contributed by atoms with Gasteiger partial charge in [-0.05, 0) is 25.5 Å². The van der Waals surface area contributed by atoms with Crippen molar-refractivity contribution in [2.45, 2.75) is 24.5 Å². The van der Waals surface area contributed by atoms with Crippen molar-refractivity contribution in [3.8, 4) is 0 Å². The quantitative estimate of drug-likeness (QED) is 0.807. The van der Waals surface area contributed by atoms with Gasteiger partial charge < -0.3 is 4.74 Å². The molecule has 0 aliphatic carbocycles. The lowest BCUT2D eigenvalue weighted by molar-refractivity contribution is -0.211. The van der Waals surface area contributed by atoms with Gasteiger partial charge in [-0.2, -0.15) is 0 Å². The average molecular weight is 345 g/mol. The molecule has 25 heavy (non-hydrogen) atoms. The number of likely N-dealkylation sites (N-methyl/N-ethyl adjacent to an activating group) is 1. The molecule has 0 radical (unpaired) electrons. The Morgan fingerprint density at radius 1 is 1.24 bits per heavy atom. The predicted molar refractivity (Wildman–Crippen MR) is 94.0 cm³/mol. The first-order valence-electron chi connectivity index (χ1n) is 9.20. The van der Waals surface area contributed by atoms with E-state index >= 15 is 0 Å². The molecule has 1 aromatic carbocycles. The summed E-state index contributed by atoms with van der Waals surface area (Å²) >= 11 is 0. The minimum absolute atomic E-state index is 0.0371. The number of carbonyl (C=O) groups is 1. The third-order valence-electron chi connectivity index (χ3n) is 5.48. The van der Waals surface area contributed by atoms with E-state index in [9.17, 15) is 4.79 Å². The highest BCUT2D eigenvalue weighted by Crippen LogP contribution is 2.31. The maximum Gasteiger partial charge on any atom is 0.265 e. The van der Waals surface area contributed by atoms with Crippen LogP contribution in [0, 0.1) is 0 Å². The Bertz CT molecular complexity index is 597. The number of likely N-dealkylation sites (tertiary alicyclic amines) is 1. The second-order valence-electron chi connectivity index (χ2n) is 7.50. The van der Waals surface area contributed by atoms with Crippen molar-refractivity contribution < 1.29 is 14.4 Å². The molecule has 0 unspecified atom stereocenters. The molecular formula is C19H27N3O3. The topological polar surface area (TPSA) is 45.2 Å². The zero-order valence-corrected chi connectivity index (χ0v) is 14.9. The Morgan fingerprint density at radius 3 is 2.72 bits per heavy atom. The molecule has 136 valence electrons. The summed E-state index contributed by atoms with van der Waals surface area (Å²) in [6.07, 6.45) is 1.99. The van der Waals surface area contributed by atoms with Crippen LogP contribution in [0.5, 0.6) is 0 Å². The molecule has 1 spiro atoms. The molecule has 4 rings (SSSR count). The lowest BCUT2D eigenvalue weighted by Gasteiger charge is -2.55. The highest BCUT2D eigenvalue weighted by molar-refractivity contribution is 5.81. The number of carbonyl (C=O) groups excluding carboxylic acids is 1. The van der Waals surface area contributed by atoms with Crippen LogP contribution in [0.3, 0.4) is 0 Å². The molecule has 3 aliphatic heterocycles. The molecule has 3 saturated heterocycles. The summed E-state index contributed by atoms with van der Waals surface area (Å²) in [6, 6.07) is 10.4. The summed E-state index contributed by atoms with van der Waals surface area (Å²) < 4.78 is 6.16. The number of amides is 1. The monoisotopic (exact) mass is 345 g/mol. The normalized spacial score (nSPS) is 26.8. The van der Waals surface area contributed by atoms with Crippen LogP contribution < -0.4 is 0 Å². The van der Waals surface area contributed by atoms with Crippen molar-refractivity contribution >= 4 is 5.91 Å². The van der Waals surface area contributed by atoms with E-state index in [0.29, 0.717) is 19.8 Å². The van der Waals surface area contributed by atoms with Crippen LogP contribution in [-0.2, 0) is 20.8 Å². The van der Waals surface area contributed by atoms with E-state index in [4.69, 9.17) is 9.57 Å². The van der Waals surface area contributed by atoms with E-state index in [1.807, 2.05) is 7.05 Å². The summed E-state index contributed by atoms with van der Waals surface area (Å²) in [4.78, 5) is 22.5. The largest absolute Gasteiger partial charge is 0.369 e. The third-order valence-corrected chi connectivity index (χ3v) is 5.48. The fraction of sp³-hybridized carbons (Fsp3) is 0.632. The highest BCUT2D eigenvalue weighted by Gasteiger charge is 2.50. The van der Waals surface area contributed by atoms with Crippen LogP contribution in [0.2, 0.25) is 0 Å². The van der Waals surface area contributed by atoms with Crippen molar-refractivity contribution in [2.75, 3.05) is 53.0 Å². The van der Waals surface area contributed by atoms with E-state index in [0.717, 1.165) is 39.0 Å². The van der Waals surface area contributed by atoms with Gasteiger partial charge >= 0.3 is 0 Å². The maximum absolute atomic E-state index is 12.5. The standard InChI is InChI=1S/C19H27N3O3/c1-20-13-19(24-12-17(20)18(23)22-9-5-11-25-22)14-21(15-19)10-8-16-6-3-2-4-7-16/h2-4,6-7,17H,5,8-15H2,1H3/t17-/m0/s1. The molecule has 6 heteroatoms. The third kappa shape index (κ3) is 3.58. The highest BCUT2D eigenvalue weighted by atomic mass is 16.7. The Balaban J connectivity index is 1.25. The van der Waals surface area contributed by atoms with E-state index in [-0.39, 0.29) is 17.6 Å². The molecular weight excluding hydrogens is 318 g/mol. The van der Waals surface area contributed by atoms with Crippen molar-refractivity contribution in [1.82, 2.24) is 14.9 Å². The minimum Gasteiger partial charge on any atom is -0.369 e. The van der Waals surface area contributed by atoms with Gasteiger partial charge in [0, 0.05) is 26.2 Å². The number of nitrogens with zero attached hydrogens (tertiary/aromatic N) is 3. The number of hydrogen-bond donors (Lipinski definition) is 0. The molecule has 0 saturated carbocycles. The lowest BCUT2D eigenvalue weighted by atomic mass is 9.90. The predicted octanol–water partition coefficient (Wildman–Crippen LogP) is 0.778. The first-order valence-corrected chi connectivity index (χ1v) is 9.20. The van der Waals surface area contributed by atoms with Crippen LogP contribution >= 0.6 is 0 Å². The number of hydroxylamine groups is 2. The van der Waals surface area contributed by atoms with Crippen LogP contribution in [0.15, 0.2) is 30.3 Å². The second kappa shape index (κ2) is 7.03. The van der Waals surface area contributed by atoms with Crippen LogP contribution in [0.25, 0.3) is 0 Å². The van der Waals surface area contributed by atoms with Crippen molar-refractivity contribution in [1.29, 1.82) is 0 Å². The van der Waals surface area contributed by atoms with E-state index in [2.05, 4.69) is 40.1 Å². The molecule has 3 fully saturated rings. The Hall–Kier alpha value is -1.47. The molecule has 0 bridgehead atoms. The lowest BCUT2D eigenvalue weighted by Crippen LogP contribution is -2.72. The van der Waals surface area contributed by atoms with Gasteiger partial charge in [0.05, 0.1) is 19.8 Å². The molecule has 1 amide bonds. The number of benzene rings is 1. The first-order chi connectivity index (χ1) is 12.2. The van der Waals surface area contributed by atoms with Gasteiger partial charge in [-0.15, -0.1) is 0 Å². The van der Waals surface area contributed by atoms with E-state index in [1.54, 1.807) is 0 Å². The number of morpholine rings is 1. The second-order valence-corrected chi connectivity index (χ2v) is 7.50. The summed E-state index contributed by atoms with van der Waals surface area (Å²) in [5.74, 6) is 0.0371. The summed E-state index contributed by atoms with van der Waals surface area (Å²) in [7, 11) is 2.02. The SMILES string of the molecule is CN1CC2(CN(CCc3ccccc3)C2)OC[C@H]1C(=O)N1CCCO1. The van der Waals surface area contributed by atoms with Crippen molar-refractivity contribution in [2.24, 2.45) is 0 Å². The smallest absolute Gasteiger partial charge is 0.265 e. The summed E-state index contributed by atoms with van der Waals surface area (Å²) in [5.41, 5.74) is 1.27. The fourth-order valence-corrected chi connectivity index (χ4v) is 4.09. The van der Waals surface area contributed by atoms with Gasteiger partial charge in [-0.3, -0.25) is 19.4 Å². The van der Waals surface area contributed by atoms with Gasteiger partial charge in [0.25, 0.3) is 5.91 Å². The molecule has 6 nitrogen and oxygen atoms in total. The van der Waals surface area contributed by atoms with Gasteiger partial charge in [0.15, 0.2) is 0 Å². The van der Waals surface area contributed by atoms with Gasteiger partial charge in [-0.25, -0.2) is 5.06 Å². The molecule has 3 heterocycles. The molecule has 3 aliphatic rings. The van der Waals surface area contributed by atoms with Crippen LogP contribution in [0.4, 0.5) is 0 Å². The molecule has 1 atom stereocenters. The van der Waals surface area contributed by atoms with Crippen molar-refractivity contribution in [3.63, 3.8) is 0 Å². The fourth-order valence-electron chi connectivity index (χ4n) is 4.09. The number of hydrogen-bond acceptors (Lipinski definition) is 5. The van der Waals surface area contributed by atoms with Gasteiger partial charge in [0.1, 0.15) is 11.6 Å². The van der Waals surface area contributed by atoms with Gasteiger partial charge in [0.2, 0.25) is 0 Å². The zero-order chi connectivity index (χ0) is 17.3. The average Bonchev–Trinajstić information content (AvgIpc) is 3.13. The maximum atomic E-state index is 12.5. The summed E-state index contributed by atoms with van der Waals surface area (Å²) in [5, 5.41) is 1.51. The zero-order valence-electron chi connectivity index (χ0n) is 14.9. The Kier molecular flexibility index (Phi) is 4.78. The van der Waals surface area contributed by atoms with Crippen molar-refractivity contribution in [3.05, 3.63) is 35.9 Å². The molecule has 0 N–H and O–H groups in total. The minimum atomic E-state index is -0.220. The van der Waals surface area contributed by atoms with E-state index in [1.165, 1.54) is 10.6 Å². The van der Waals surface area contributed by atoms with E-state index < -0.39 is 0 Å². The van der Waals surface area contributed by atoms with Gasteiger partial charge in [-0.1, -0.05) is 30.3 Å². The number of ether oxygens (including phenoxy) is 1. The first kappa shape index (κ1) is 17.0. The molecule has 1 aromatic rings. The van der Waals surface area contributed by atoms with Crippen LogP contribution in [-0.4, -0.2) is 85.4 Å². The Morgan fingerprint density at radius 2 is 2.04 bits per heavy atom. The number of rotatable bonds is 4. The Labute approximate surface area is 149 Å². The molecule has 0 aromatic heterocycles.